The van der Waals surface area contributed by atoms with Crippen molar-refractivity contribution in [2.75, 3.05) is 26.7 Å². The van der Waals surface area contributed by atoms with Crippen LogP contribution in [0.5, 0.6) is 0 Å². The van der Waals surface area contributed by atoms with E-state index in [-0.39, 0.29) is 12.1 Å². The van der Waals surface area contributed by atoms with E-state index in [2.05, 4.69) is 5.32 Å². The largest absolute Gasteiger partial charge is 0.365 e. The summed E-state index contributed by atoms with van der Waals surface area (Å²) in [6, 6.07) is 7.76. The normalized spacial score (nSPS) is 33.3. The Hall–Kier alpha value is -1.64. The number of carbonyl (C=O) groups is 1. The molecular weight excluding hydrogens is 342 g/mol. The summed E-state index contributed by atoms with van der Waals surface area (Å²) < 4.78 is 32.3. The van der Waals surface area contributed by atoms with Crippen molar-refractivity contribution in [1.82, 2.24) is 14.5 Å². The number of sulfonamides is 1. The molecule has 1 aromatic carbocycles. The van der Waals surface area contributed by atoms with E-state index in [1.54, 1.807) is 11.9 Å². The minimum Gasteiger partial charge on any atom is -0.365 e. The molecule has 0 radical (unpaired) electrons. The zero-order valence-electron chi connectivity index (χ0n) is 14.4. The fraction of sp³-hybridized carbons (Fsp3) is 0.588. The van der Waals surface area contributed by atoms with Crippen molar-refractivity contribution >= 4 is 16.1 Å². The van der Waals surface area contributed by atoms with E-state index in [0.29, 0.717) is 32.6 Å². The summed E-state index contributed by atoms with van der Waals surface area (Å²) in [5.41, 5.74) is 1.43. The molecule has 0 aromatic heterocycles. The Kier molecular flexibility index (Phi) is 3.82. The van der Waals surface area contributed by atoms with E-state index in [4.69, 9.17) is 4.74 Å². The summed E-state index contributed by atoms with van der Waals surface area (Å²) in [7, 11) is -1.74. The molecule has 0 unspecified atom stereocenters. The summed E-state index contributed by atoms with van der Waals surface area (Å²) >= 11 is 0. The van der Waals surface area contributed by atoms with E-state index >= 15 is 0 Å². The van der Waals surface area contributed by atoms with Gasteiger partial charge in [0, 0.05) is 26.7 Å². The third-order valence-electron chi connectivity index (χ3n) is 5.61. The first-order chi connectivity index (χ1) is 11.8. The fourth-order valence-electron chi connectivity index (χ4n) is 4.31. The molecule has 136 valence electrons. The number of amides is 2. The number of likely N-dealkylation sites (tertiary alicyclic amines) is 1. The molecule has 7 nitrogen and oxygen atoms in total. The lowest BCUT2D eigenvalue weighted by molar-refractivity contribution is -0.0943. The highest BCUT2D eigenvalue weighted by atomic mass is 32.2. The molecule has 4 rings (SSSR count). The maximum Gasteiger partial charge on any atom is 0.317 e. The zero-order valence-corrected chi connectivity index (χ0v) is 15.3. The second-order valence-electron chi connectivity index (χ2n) is 7.30. The number of hydrogen-bond acceptors (Lipinski definition) is 4. The maximum absolute atomic E-state index is 12.6. The molecule has 3 fully saturated rings. The minimum absolute atomic E-state index is 0.163. The summed E-state index contributed by atoms with van der Waals surface area (Å²) in [6.45, 7) is 3.55. The molecule has 8 heteroatoms. The molecular formula is C17H23N3O4S. The van der Waals surface area contributed by atoms with Crippen LogP contribution in [0, 0.1) is 6.92 Å². The van der Waals surface area contributed by atoms with E-state index in [1.165, 1.54) is 4.31 Å². The smallest absolute Gasteiger partial charge is 0.317 e. The van der Waals surface area contributed by atoms with Crippen molar-refractivity contribution in [3.05, 3.63) is 35.4 Å². The highest BCUT2D eigenvalue weighted by Crippen LogP contribution is 2.45. The van der Waals surface area contributed by atoms with Gasteiger partial charge in [-0.15, -0.1) is 0 Å². The summed E-state index contributed by atoms with van der Waals surface area (Å²) in [4.78, 5) is 14.3. The third kappa shape index (κ3) is 2.63. The van der Waals surface area contributed by atoms with Gasteiger partial charge in [-0.05, 0) is 24.5 Å². The van der Waals surface area contributed by atoms with E-state index in [9.17, 15) is 13.2 Å². The van der Waals surface area contributed by atoms with Gasteiger partial charge in [-0.1, -0.05) is 24.3 Å². The van der Waals surface area contributed by atoms with Gasteiger partial charge in [0.05, 0.1) is 12.6 Å². The van der Waals surface area contributed by atoms with Crippen LogP contribution < -0.4 is 5.32 Å². The highest BCUT2D eigenvalue weighted by molar-refractivity contribution is 7.90. The van der Waals surface area contributed by atoms with Crippen LogP contribution in [0.4, 0.5) is 4.79 Å². The Morgan fingerprint density at radius 1 is 1.36 bits per heavy atom. The van der Waals surface area contributed by atoms with Gasteiger partial charge in [-0.3, -0.25) is 0 Å². The van der Waals surface area contributed by atoms with E-state index in [0.717, 1.165) is 11.1 Å². The number of carbonyl (C=O) groups excluding carboxylic acids is 1. The van der Waals surface area contributed by atoms with Crippen LogP contribution in [0.25, 0.3) is 0 Å². The van der Waals surface area contributed by atoms with Crippen molar-refractivity contribution < 1.29 is 17.9 Å². The number of aryl methyl sites for hydroxylation is 1. The number of morpholine rings is 1. The number of nitrogens with one attached hydrogen (secondary N) is 1. The van der Waals surface area contributed by atoms with Gasteiger partial charge >= 0.3 is 6.03 Å². The third-order valence-corrected chi connectivity index (χ3v) is 7.95. The Morgan fingerprint density at radius 3 is 2.88 bits per heavy atom. The first-order valence-electron chi connectivity index (χ1n) is 8.52. The van der Waals surface area contributed by atoms with Crippen LogP contribution in [0.15, 0.2) is 24.3 Å². The molecule has 1 spiro atoms. The van der Waals surface area contributed by atoms with Crippen molar-refractivity contribution in [3.8, 4) is 0 Å². The molecule has 2 amide bonds. The highest BCUT2D eigenvalue weighted by Gasteiger charge is 2.64. The standard InChI is InChI=1S/C17H23N3O4S/c1-12-5-3-4-6-13(12)8-18-16(21)20-9-14-7-15-17(11-20,24-14)10-19(2)25(15,22)23/h3-6,14-15H,7-11H2,1-2H3,(H,18,21)/t14-,15+,17-/m1/s1. The number of urea groups is 1. The number of nitrogens with zero attached hydrogens (tertiary/aromatic N) is 2. The summed E-state index contributed by atoms with van der Waals surface area (Å²) in [5.74, 6) is 0. The second kappa shape index (κ2) is 5.69. The quantitative estimate of drug-likeness (QED) is 0.836. The Balaban J connectivity index is 1.47. The first-order valence-corrected chi connectivity index (χ1v) is 10.0. The number of likely N-dealkylation sites (N-methyl/N-ethyl adjacent to an activating group) is 1. The van der Waals surface area contributed by atoms with Gasteiger partial charge in [0.1, 0.15) is 10.9 Å². The monoisotopic (exact) mass is 365 g/mol. The molecule has 1 aromatic rings. The topological polar surface area (TPSA) is 79.0 Å². The molecule has 3 aliphatic heterocycles. The number of rotatable bonds is 2. The fourth-order valence-corrected chi connectivity index (χ4v) is 6.34. The summed E-state index contributed by atoms with van der Waals surface area (Å²) in [5, 5.41) is 2.42. The van der Waals surface area contributed by atoms with E-state index in [1.807, 2.05) is 31.2 Å². The van der Waals surface area contributed by atoms with Crippen LogP contribution in [-0.2, 0) is 21.3 Å². The van der Waals surface area contributed by atoms with Gasteiger partial charge in [-0.25, -0.2) is 17.5 Å². The predicted molar refractivity (Wildman–Crippen MR) is 92.5 cm³/mol. The molecule has 0 aliphatic carbocycles. The zero-order chi connectivity index (χ0) is 17.8. The molecule has 3 heterocycles. The molecule has 3 saturated heterocycles. The lowest BCUT2D eigenvalue weighted by Gasteiger charge is -2.39. The van der Waals surface area contributed by atoms with E-state index < -0.39 is 20.9 Å². The molecule has 25 heavy (non-hydrogen) atoms. The second-order valence-corrected chi connectivity index (χ2v) is 9.52. The van der Waals surface area contributed by atoms with Gasteiger partial charge < -0.3 is 15.0 Å². The Labute approximate surface area is 148 Å². The van der Waals surface area contributed by atoms with Gasteiger partial charge in [0.2, 0.25) is 10.0 Å². The Bertz CT molecular complexity index is 812. The van der Waals surface area contributed by atoms with Crippen molar-refractivity contribution in [3.63, 3.8) is 0 Å². The first kappa shape index (κ1) is 16.8. The van der Waals surface area contributed by atoms with Crippen LogP contribution in [-0.4, -0.2) is 67.3 Å². The molecule has 3 atom stereocenters. The average molecular weight is 365 g/mol. The number of hydrogen-bond donors (Lipinski definition) is 1. The minimum atomic E-state index is -3.33. The van der Waals surface area contributed by atoms with Crippen LogP contribution in [0.2, 0.25) is 0 Å². The van der Waals surface area contributed by atoms with Gasteiger partial charge in [0.25, 0.3) is 0 Å². The lowest BCUT2D eigenvalue weighted by Crippen LogP contribution is -2.58. The number of ether oxygens (including phenoxy) is 1. The van der Waals surface area contributed by atoms with Crippen LogP contribution in [0.1, 0.15) is 17.5 Å². The molecule has 1 N–H and O–H groups in total. The van der Waals surface area contributed by atoms with Crippen molar-refractivity contribution in [1.29, 1.82) is 0 Å². The Morgan fingerprint density at radius 2 is 2.12 bits per heavy atom. The molecule has 0 saturated carbocycles. The van der Waals surface area contributed by atoms with Crippen molar-refractivity contribution in [2.45, 2.75) is 36.8 Å². The van der Waals surface area contributed by atoms with Crippen molar-refractivity contribution in [2.24, 2.45) is 0 Å². The van der Waals surface area contributed by atoms with Crippen LogP contribution >= 0.6 is 0 Å². The number of fused-ring (bicyclic) bond motifs is 1. The van der Waals surface area contributed by atoms with Gasteiger partial charge in [0.15, 0.2) is 0 Å². The number of benzene rings is 1. The summed E-state index contributed by atoms with van der Waals surface area (Å²) in [6.07, 6.45) is 0.264. The maximum atomic E-state index is 12.6. The van der Waals surface area contributed by atoms with Crippen LogP contribution in [0.3, 0.4) is 0 Å². The SMILES string of the molecule is Cc1ccccc1CNC(=O)N1C[C@H]2C[C@H]3[C@](C1)(CN(C)S3(=O)=O)O2. The lowest BCUT2D eigenvalue weighted by atomic mass is 9.99. The average Bonchev–Trinajstić information content (AvgIpc) is 2.92. The van der Waals surface area contributed by atoms with Gasteiger partial charge in [-0.2, -0.15) is 0 Å². The molecule has 2 bridgehead atoms. The predicted octanol–water partition coefficient (Wildman–Crippen LogP) is 0.692. The molecule has 3 aliphatic rings.